The summed E-state index contributed by atoms with van der Waals surface area (Å²) in [6, 6.07) is 0. The summed E-state index contributed by atoms with van der Waals surface area (Å²) in [6.45, 7) is 5.18. The zero-order valence-corrected chi connectivity index (χ0v) is 14.2. The van der Waals surface area contributed by atoms with Gasteiger partial charge in [0.25, 0.3) is 0 Å². The quantitative estimate of drug-likeness (QED) is 0.787. The fraction of sp³-hybridized carbons (Fsp3) is 0.923. The molecule has 20 heavy (non-hydrogen) atoms. The Bertz CT molecular complexity index is 423. The van der Waals surface area contributed by atoms with E-state index in [4.69, 9.17) is 5.73 Å². The van der Waals surface area contributed by atoms with Crippen molar-refractivity contribution in [2.24, 2.45) is 17.6 Å². The van der Waals surface area contributed by atoms with E-state index in [0.717, 1.165) is 12.2 Å². The van der Waals surface area contributed by atoms with E-state index < -0.39 is 15.2 Å². The van der Waals surface area contributed by atoms with Gasteiger partial charge in [-0.3, -0.25) is 4.79 Å². The van der Waals surface area contributed by atoms with Gasteiger partial charge in [-0.25, -0.2) is 8.42 Å². The lowest BCUT2D eigenvalue weighted by Crippen LogP contribution is -2.50. The molecule has 1 aliphatic rings. The Kier molecular flexibility index (Phi) is 6.81. The average Bonchev–Trinajstić information content (AvgIpc) is 2.36. The molecule has 2 atom stereocenters. The highest BCUT2D eigenvalue weighted by Gasteiger charge is 2.34. The third-order valence-electron chi connectivity index (χ3n) is 3.50. The number of carbonyl (C=O) groups excluding carboxylic acids is 1. The Morgan fingerprint density at radius 2 is 2.10 bits per heavy atom. The Balaban J connectivity index is 2.72. The molecule has 0 spiro atoms. The van der Waals surface area contributed by atoms with Crippen LogP contribution in [0, 0.1) is 11.8 Å². The number of amides is 1. The molecule has 0 radical (unpaired) electrons. The highest BCUT2D eigenvalue weighted by molar-refractivity contribution is 8.00. The molecule has 1 heterocycles. The van der Waals surface area contributed by atoms with Crippen LogP contribution in [0.15, 0.2) is 0 Å². The lowest BCUT2D eigenvalue weighted by Gasteiger charge is -2.35. The highest BCUT2D eigenvalue weighted by atomic mass is 32.2. The first-order valence-electron chi connectivity index (χ1n) is 7.01. The van der Waals surface area contributed by atoms with E-state index in [2.05, 4.69) is 13.8 Å². The standard InChI is InChI=1S/C13H26N2O3S2/c1-10(2)6-11(8-14)7-12(16)15-4-5-19-9-13(15)20(3,17)18/h10-11,13H,4-9,14H2,1-3H3. The van der Waals surface area contributed by atoms with Crippen molar-refractivity contribution < 1.29 is 13.2 Å². The molecule has 7 heteroatoms. The van der Waals surface area contributed by atoms with Crippen LogP contribution in [0.1, 0.15) is 26.7 Å². The van der Waals surface area contributed by atoms with Gasteiger partial charge in [-0.15, -0.1) is 0 Å². The molecule has 0 aromatic rings. The molecule has 0 aliphatic carbocycles. The van der Waals surface area contributed by atoms with E-state index in [-0.39, 0.29) is 11.8 Å². The number of nitrogens with zero attached hydrogens (tertiary/aromatic N) is 1. The van der Waals surface area contributed by atoms with E-state index in [9.17, 15) is 13.2 Å². The first-order chi connectivity index (χ1) is 9.25. The van der Waals surface area contributed by atoms with Gasteiger partial charge in [-0.1, -0.05) is 13.8 Å². The van der Waals surface area contributed by atoms with Gasteiger partial charge in [0.2, 0.25) is 5.91 Å². The van der Waals surface area contributed by atoms with Gasteiger partial charge in [0.05, 0.1) is 0 Å². The second kappa shape index (κ2) is 7.66. The van der Waals surface area contributed by atoms with Crippen molar-refractivity contribution in [3.63, 3.8) is 0 Å². The minimum atomic E-state index is -3.23. The van der Waals surface area contributed by atoms with Crippen LogP contribution in [-0.2, 0) is 14.6 Å². The third kappa shape index (κ3) is 5.26. The minimum Gasteiger partial charge on any atom is -0.330 e. The summed E-state index contributed by atoms with van der Waals surface area (Å²) in [4.78, 5) is 13.9. The molecule has 1 saturated heterocycles. The molecular weight excluding hydrogens is 296 g/mol. The maximum atomic E-state index is 12.4. The Hall–Kier alpha value is -0.270. The van der Waals surface area contributed by atoms with Crippen molar-refractivity contribution in [1.29, 1.82) is 0 Å². The van der Waals surface area contributed by atoms with Gasteiger partial charge in [-0.05, 0) is 24.8 Å². The van der Waals surface area contributed by atoms with Gasteiger partial charge in [0.1, 0.15) is 5.37 Å². The predicted molar refractivity (Wildman–Crippen MR) is 84.3 cm³/mol. The Morgan fingerprint density at radius 1 is 1.45 bits per heavy atom. The Morgan fingerprint density at radius 3 is 2.60 bits per heavy atom. The second-order valence-electron chi connectivity index (χ2n) is 5.88. The highest BCUT2D eigenvalue weighted by Crippen LogP contribution is 2.23. The van der Waals surface area contributed by atoms with Gasteiger partial charge < -0.3 is 10.6 Å². The SMILES string of the molecule is CC(C)CC(CN)CC(=O)N1CCSCC1S(C)(=O)=O. The van der Waals surface area contributed by atoms with Crippen LogP contribution in [0.5, 0.6) is 0 Å². The molecule has 0 aromatic carbocycles. The number of carbonyl (C=O) groups is 1. The van der Waals surface area contributed by atoms with Gasteiger partial charge >= 0.3 is 0 Å². The van der Waals surface area contributed by atoms with Crippen LogP contribution in [0.4, 0.5) is 0 Å². The van der Waals surface area contributed by atoms with E-state index in [1.165, 1.54) is 11.2 Å². The van der Waals surface area contributed by atoms with Crippen molar-refractivity contribution in [3.8, 4) is 0 Å². The minimum absolute atomic E-state index is 0.0724. The maximum absolute atomic E-state index is 12.4. The van der Waals surface area contributed by atoms with Crippen LogP contribution in [0.2, 0.25) is 0 Å². The lowest BCUT2D eigenvalue weighted by atomic mass is 9.94. The first-order valence-corrected chi connectivity index (χ1v) is 10.1. The van der Waals surface area contributed by atoms with E-state index >= 15 is 0 Å². The molecular formula is C13H26N2O3S2. The molecule has 1 aliphatic heterocycles. The molecule has 0 aromatic heterocycles. The first kappa shape index (κ1) is 17.8. The van der Waals surface area contributed by atoms with Crippen molar-refractivity contribution >= 4 is 27.5 Å². The molecule has 1 amide bonds. The summed E-state index contributed by atoms with van der Waals surface area (Å²) in [7, 11) is -3.23. The number of rotatable bonds is 6. The summed E-state index contributed by atoms with van der Waals surface area (Å²) in [5.74, 6) is 1.82. The fourth-order valence-corrected chi connectivity index (χ4v) is 5.35. The van der Waals surface area contributed by atoms with Crippen molar-refractivity contribution in [2.75, 3.05) is 30.9 Å². The molecule has 1 rings (SSSR count). The van der Waals surface area contributed by atoms with E-state index in [1.807, 2.05) is 0 Å². The molecule has 1 fully saturated rings. The van der Waals surface area contributed by atoms with Crippen molar-refractivity contribution in [2.45, 2.75) is 32.1 Å². The Labute approximate surface area is 126 Å². The van der Waals surface area contributed by atoms with Crippen LogP contribution < -0.4 is 5.73 Å². The summed E-state index contributed by atoms with van der Waals surface area (Å²) in [6.07, 6.45) is 2.46. The molecule has 2 unspecified atom stereocenters. The van der Waals surface area contributed by atoms with Crippen LogP contribution >= 0.6 is 11.8 Å². The van der Waals surface area contributed by atoms with Crippen molar-refractivity contribution in [3.05, 3.63) is 0 Å². The maximum Gasteiger partial charge on any atom is 0.224 e. The topological polar surface area (TPSA) is 80.5 Å². The molecule has 2 N–H and O–H groups in total. The lowest BCUT2D eigenvalue weighted by molar-refractivity contribution is -0.132. The van der Waals surface area contributed by atoms with Gasteiger partial charge in [-0.2, -0.15) is 11.8 Å². The number of hydrogen-bond acceptors (Lipinski definition) is 5. The van der Waals surface area contributed by atoms with Crippen LogP contribution in [0.25, 0.3) is 0 Å². The normalized spacial score (nSPS) is 22.1. The molecule has 118 valence electrons. The number of hydrogen-bond donors (Lipinski definition) is 1. The molecule has 0 saturated carbocycles. The van der Waals surface area contributed by atoms with Crippen LogP contribution in [-0.4, -0.2) is 55.4 Å². The zero-order valence-electron chi connectivity index (χ0n) is 12.5. The monoisotopic (exact) mass is 322 g/mol. The zero-order chi connectivity index (χ0) is 15.3. The van der Waals surface area contributed by atoms with Crippen LogP contribution in [0.3, 0.4) is 0 Å². The summed E-state index contributed by atoms with van der Waals surface area (Å²) in [5, 5.41) is -0.675. The second-order valence-corrected chi connectivity index (χ2v) is 9.23. The summed E-state index contributed by atoms with van der Waals surface area (Å²) >= 11 is 1.59. The number of nitrogens with two attached hydrogens (primary N) is 1. The van der Waals surface area contributed by atoms with Gasteiger partial charge in [0, 0.05) is 30.7 Å². The summed E-state index contributed by atoms with van der Waals surface area (Å²) < 4.78 is 23.6. The third-order valence-corrected chi connectivity index (χ3v) is 6.14. The van der Waals surface area contributed by atoms with Crippen molar-refractivity contribution in [1.82, 2.24) is 4.90 Å². The number of thioether (sulfide) groups is 1. The largest absolute Gasteiger partial charge is 0.330 e. The number of sulfone groups is 1. The fourth-order valence-electron chi connectivity index (χ4n) is 2.51. The van der Waals surface area contributed by atoms with E-state index in [0.29, 0.717) is 31.2 Å². The van der Waals surface area contributed by atoms with E-state index in [1.54, 1.807) is 11.8 Å². The molecule has 5 nitrogen and oxygen atoms in total. The smallest absolute Gasteiger partial charge is 0.224 e. The van der Waals surface area contributed by atoms with Gasteiger partial charge in [0.15, 0.2) is 9.84 Å². The average molecular weight is 322 g/mol. The summed E-state index contributed by atoms with van der Waals surface area (Å²) in [5.41, 5.74) is 5.73. The predicted octanol–water partition coefficient (Wildman–Crippen LogP) is 0.944. The molecule has 0 bridgehead atoms.